The van der Waals surface area contributed by atoms with Gasteiger partial charge in [-0.1, -0.05) is 29.8 Å². The van der Waals surface area contributed by atoms with Crippen molar-refractivity contribution in [3.8, 4) is 0 Å². The molecule has 0 radical (unpaired) electrons. The molecule has 3 nitrogen and oxygen atoms in total. The highest BCUT2D eigenvalue weighted by molar-refractivity contribution is 5.92. The molecule has 0 saturated heterocycles. The number of nitrogens with one attached hydrogen (secondary N) is 1. The second kappa shape index (κ2) is 5.40. The van der Waals surface area contributed by atoms with E-state index in [0.29, 0.717) is 12.1 Å². The van der Waals surface area contributed by atoms with E-state index in [9.17, 15) is 9.18 Å². The third-order valence-corrected chi connectivity index (χ3v) is 2.46. The van der Waals surface area contributed by atoms with Crippen LogP contribution >= 0.6 is 0 Å². The minimum absolute atomic E-state index is 0.144. The van der Waals surface area contributed by atoms with E-state index in [4.69, 9.17) is 0 Å². The quantitative estimate of drug-likeness (QED) is 0.843. The van der Waals surface area contributed by atoms with Crippen molar-refractivity contribution in [1.82, 2.24) is 4.98 Å². The Morgan fingerprint density at radius 1 is 1.33 bits per heavy atom. The Morgan fingerprint density at radius 3 is 2.83 bits per heavy atom. The maximum absolute atomic E-state index is 12.6. The lowest BCUT2D eigenvalue weighted by atomic mass is 10.1. The van der Waals surface area contributed by atoms with Crippen molar-refractivity contribution in [3.63, 3.8) is 0 Å². The summed E-state index contributed by atoms with van der Waals surface area (Å²) in [6, 6.07) is 10.4. The highest BCUT2D eigenvalue weighted by Crippen LogP contribution is 2.08. The van der Waals surface area contributed by atoms with Crippen molar-refractivity contribution in [2.75, 3.05) is 5.32 Å². The molecule has 0 atom stereocenters. The number of anilines is 1. The van der Waals surface area contributed by atoms with Crippen LogP contribution in [0.5, 0.6) is 0 Å². The lowest BCUT2D eigenvalue weighted by Gasteiger charge is -2.05. The van der Waals surface area contributed by atoms with Crippen molar-refractivity contribution in [2.45, 2.75) is 13.3 Å². The van der Waals surface area contributed by atoms with E-state index < -0.39 is 5.95 Å². The number of hydrogen-bond donors (Lipinski definition) is 1. The van der Waals surface area contributed by atoms with Gasteiger partial charge in [-0.2, -0.15) is 4.39 Å². The van der Waals surface area contributed by atoms with E-state index in [-0.39, 0.29) is 5.91 Å². The molecular formula is C14H13FN2O. The van der Waals surface area contributed by atoms with Crippen molar-refractivity contribution >= 4 is 11.6 Å². The average Bonchev–Trinajstić information content (AvgIpc) is 2.32. The van der Waals surface area contributed by atoms with Crippen LogP contribution in [-0.4, -0.2) is 10.9 Å². The second-order valence-electron chi connectivity index (χ2n) is 4.08. The predicted octanol–water partition coefficient (Wildman–Crippen LogP) is 2.71. The Kier molecular flexibility index (Phi) is 3.67. The van der Waals surface area contributed by atoms with Gasteiger partial charge in [-0.05, 0) is 24.6 Å². The largest absolute Gasteiger partial charge is 0.324 e. The number of aromatic nitrogens is 1. The van der Waals surface area contributed by atoms with E-state index in [1.54, 1.807) is 0 Å². The van der Waals surface area contributed by atoms with Gasteiger partial charge in [0.05, 0.1) is 18.3 Å². The van der Waals surface area contributed by atoms with Gasteiger partial charge in [0.15, 0.2) is 0 Å². The number of pyridine rings is 1. The SMILES string of the molecule is Cc1cccc(CC(=O)Nc2ccc(F)nc2)c1. The summed E-state index contributed by atoms with van der Waals surface area (Å²) in [7, 11) is 0. The summed E-state index contributed by atoms with van der Waals surface area (Å²) >= 11 is 0. The lowest BCUT2D eigenvalue weighted by molar-refractivity contribution is -0.115. The summed E-state index contributed by atoms with van der Waals surface area (Å²) in [5.41, 5.74) is 2.56. The van der Waals surface area contributed by atoms with Gasteiger partial charge < -0.3 is 5.32 Å². The Hall–Kier alpha value is -2.23. The monoisotopic (exact) mass is 244 g/mol. The summed E-state index contributed by atoms with van der Waals surface area (Å²) in [6.45, 7) is 1.98. The van der Waals surface area contributed by atoms with Crippen LogP contribution in [0, 0.1) is 12.9 Å². The molecule has 1 N–H and O–H groups in total. The van der Waals surface area contributed by atoms with Crippen LogP contribution in [-0.2, 0) is 11.2 Å². The summed E-state index contributed by atoms with van der Waals surface area (Å²) in [5.74, 6) is -0.708. The fourth-order valence-corrected chi connectivity index (χ4v) is 1.66. The van der Waals surface area contributed by atoms with Crippen LogP contribution in [0.1, 0.15) is 11.1 Å². The maximum atomic E-state index is 12.6. The number of aryl methyl sites for hydroxylation is 1. The normalized spacial score (nSPS) is 10.1. The Bertz CT molecular complexity index is 552. The summed E-state index contributed by atoms with van der Waals surface area (Å²) in [6.07, 6.45) is 1.59. The number of hydrogen-bond acceptors (Lipinski definition) is 2. The Labute approximate surface area is 105 Å². The van der Waals surface area contributed by atoms with Gasteiger partial charge in [0.1, 0.15) is 0 Å². The van der Waals surface area contributed by atoms with Gasteiger partial charge in [-0.15, -0.1) is 0 Å². The molecule has 0 fully saturated rings. The zero-order chi connectivity index (χ0) is 13.0. The smallest absolute Gasteiger partial charge is 0.228 e. The molecule has 2 aromatic rings. The number of nitrogens with zero attached hydrogens (tertiary/aromatic N) is 1. The van der Waals surface area contributed by atoms with Crippen LogP contribution in [0.4, 0.5) is 10.1 Å². The number of amides is 1. The molecule has 1 aromatic heterocycles. The third-order valence-electron chi connectivity index (χ3n) is 2.46. The molecular weight excluding hydrogens is 231 g/mol. The number of carbonyl (C=O) groups is 1. The van der Waals surface area contributed by atoms with Crippen molar-refractivity contribution in [2.24, 2.45) is 0 Å². The fraction of sp³-hybridized carbons (Fsp3) is 0.143. The van der Waals surface area contributed by atoms with Gasteiger partial charge >= 0.3 is 0 Å². The van der Waals surface area contributed by atoms with Gasteiger partial charge in [0.2, 0.25) is 11.9 Å². The molecule has 0 spiro atoms. The van der Waals surface area contributed by atoms with Crippen molar-refractivity contribution in [1.29, 1.82) is 0 Å². The first-order chi connectivity index (χ1) is 8.63. The number of carbonyl (C=O) groups excluding carboxylic acids is 1. The predicted molar refractivity (Wildman–Crippen MR) is 67.7 cm³/mol. The minimum Gasteiger partial charge on any atom is -0.324 e. The van der Waals surface area contributed by atoms with E-state index in [0.717, 1.165) is 11.1 Å². The first-order valence-corrected chi connectivity index (χ1v) is 5.60. The zero-order valence-corrected chi connectivity index (χ0v) is 9.98. The van der Waals surface area contributed by atoms with E-state index in [1.807, 2.05) is 31.2 Å². The van der Waals surface area contributed by atoms with Crippen LogP contribution in [0.3, 0.4) is 0 Å². The molecule has 1 aromatic carbocycles. The van der Waals surface area contributed by atoms with Crippen LogP contribution < -0.4 is 5.32 Å². The van der Waals surface area contributed by atoms with Crippen LogP contribution in [0.2, 0.25) is 0 Å². The lowest BCUT2D eigenvalue weighted by Crippen LogP contribution is -2.14. The van der Waals surface area contributed by atoms with Gasteiger partial charge in [-0.25, -0.2) is 4.98 Å². The molecule has 0 aliphatic heterocycles. The first kappa shape index (κ1) is 12.2. The second-order valence-corrected chi connectivity index (χ2v) is 4.08. The highest BCUT2D eigenvalue weighted by atomic mass is 19.1. The molecule has 0 unspecified atom stereocenters. The molecule has 0 aliphatic carbocycles. The van der Waals surface area contributed by atoms with Crippen molar-refractivity contribution < 1.29 is 9.18 Å². The van der Waals surface area contributed by atoms with Gasteiger partial charge in [0.25, 0.3) is 0 Å². The molecule has 18 heavy (non-hydrogen) atoms. The highest BCUT2D eigenvalue weighted by Gasteiger charge is 2.04. The third kappa shape index (κ3) is 3.38. The molecule has 92 valence electrons. The summed E-state index contributed by atoms with van der Waals surface area (Å²) < 4.78 is 12.6. The number of rotatable bonds is 3. The summed E-state index contributed by atoms with van der Waals surface area (Å²) in [4.78, 5) is 15.2. The van der Waals surface area contributed by atoms with E-state index in [1.165, 1.54) is 18.3 Å². The zero-order valence-electron chi connectivity index (χ0n) is 9.98. The standard InChI is InChI=1S/C14H13FN2O/c1-10-3-2-4-11(7-10)8-14(18)17-12-5-6-13(15)16-9-12/h2-7,9H,8H2,1H3,(H,17,18). The van der Waals surface area contributed by atoms with Gasteiger partial charge in [-0.3, -0.25) is 4.79 Å². The van der Waals surface area contributed by atoms with E-state index in [2.05, 4.69) is 10.3 Å². The van der Waals surface area contributed by atoms with Crippen LogP contribution in [0.15, 0.2) is 42.6 Å². The van der Waals surface area contributed by atoms with Crippen molar-refractivity contribution in [3.05, 3.63) is 59.7 Å². The Morgan fingerprint density at radius 2 is 2.17 bits per heavy atom. The first-order valence-electron chi connectivity index (χ1n) is 5.60. The topological polar surface area (TPSA) is 42.0 Å². The van der Waals surface area contributed by atoms with Gasteiger partial charge in [0, 0.05) is 0 Å². The minimum atomic E-state index is -0.563. The van der Waals surface area contributed by atoms with Crippen LogP contribution in [0.25, 0.3) is 0 Å². The molecule has 0 bridgehead atoms. The average molecular weight is 244 g/mol. The van der Waals surface area contributed by atoms with E-state index >= 15 is 0 Å². The molecule has 4 heteroatoms. The Balaban J connectivity index is 1.98. The molecule has 0 aliphatic rings. The summed E-state index contributed by atoms with van der Waals surface area (Å²) in [5, 5.41) is 2.67. The number of benzene rings is 1. The molecule has 0 saturated carbocycles. The number of halogens is 1. The molecule has 2 rings (SSSR count). The maximum Gasteiger partial charge on any atom is 0.228 e. The molecule has 1 amide bonds. The molecule has 1 heterocycles. The fourth-order valence-electron chi connectivity index (χ4n) is 1.66.